The third-order valence-corrected chi connectivity index (χ3v) is 5.54. The predicted molar refractivity (Wildman–Crippen MR) is 97.1 cm³/mol. The molecule has 25 heavy (non-hydrogen) atoms. The van der Waals surface area contributed by atoms with Gasteiger partial charge in [0, 0.05) is 49.9 Å². The van der Waals surface area contributed by atoms with Crippen molar-refractivity contribution in [2.24, 2.45) is 0 Å². The molecule has 5 nitrogen and oxygen atoms in total. The molecule has 1 spiro atoms. The monoisotopic (exact) mass is 339 g/mol. The lowest BCUT2D eigenvalue weighted by molar-refractivity contribution is -0.00223. The maximum Gasteiger partial charge on any atom is 0.254 e. The Morgan fingerprint density at radius 1 is 1.20 bits per heavy atom. The lowest BCUT2D eigenvalue weighted by Crippen LogP contribution is -2.63. The van der Waals surface area contributed by atoms with Crippen molar-refractivity contribution in [2.45, 2.75) is 18.9 Å². The van der Waals surface area contributed by atoms with Gasteiger partial charge in [-0.15, -0.1) is 0 Å². The number of piperazine rings is 1. The molecule has 132 valence electrons. The van der Waals surface area contributed by atoms with Crippen molar-refractivity contribution in [3.63, 3.8) is 0 Å². The first kappa shape index (κ1) is 16.4. The zero-order valence-corrected chi connectivity index (χ0v) is 14.7. The molecule has 0 saturated carbocycles. The lowest BCUT2D eigenvalue weighted by atomic mass is 9.92. The molecule has 3 heterocycles. The Hall–Kier alpha value is -2.11. The summed E-state index contributed by atoms with van der Waals surface area (Å²) in [6.07, 6.45) is 5.00. The second kappa shape index (κ2) is 6.65. The fourth-order valence-corrected chi connectivity index (χ4v) is 4.14. The summed E-state index contributed by atoms with van der Waals surface area (Å²) in [7, 11) is 0. The van der Waals surface area contributed by atoms with Crippen LogP contribution in [0.5, 0.6) is 0 Å². The summed E-state index contributed by atoms with van der Waals surface area (Å²) in [6.45, 7) is 7.18. The van der Waals surface area contributed by atoms with Crippen molar-refractivity contribution < 1.29 is 9.53 Å². The van der Waals surface area contributed by atoms with Crippen LogP contribution >= 0.6 is 0 Å². The van der Waals surface area contributed by atoms with Gasteiger partial charge in [-0.05, 0) is 43.3 Å². The number of ether oxygens (including phenoxy) is 1. The van der Waals surface area contributed by atoms with E-state index in [1.54, 1.807) is 0 Å². The largest absolute Gasteiger partial charge is 0.379 e. The van der Waals surface area contributed by atoms with Gasteiger partial charge < -0.3 is 14.2 Å². The van der Waals surface area contributed by atoms with E-state index in [1.165, 1.54) is 0 Å². The summed E-state index contributed by atoms with van der Waals surface area (Å²) in [6, 6.07) is 11.9. The standard InChI is InChI=1S/C20H25N3O2/c1-2-23-12-11-22(15-20(23)8-13-25-16-20)19(24)17-6-5-7-18(14-17)21-9-3-4-10-21/h3-7,9-10,14H,2,8,11-13,15-16H2,1H3. The van der Waals surface area contributed by atoms with Crippen LogP contribution in [-0.4, -0.2) is 65.2 Å². The van der Waals surface area contributed by atoms with Gasteiger partial charge in [0.1, 0.15) is 0 Å². The summed E-state index contributed by atoms with van der Waals surface area (Å²) < 4.78 is 7.71. The van der Waals surface area contributed by atoms with Crippen LogP contribution in [0.1, 0.15) is 23.7 Å². The first-order valence-electron chi connectivity index (χ1n) is 9.07. The van der Waals surface area contributed by atoms with Crippen LogP contribution in [0, 0.1) is 0 Å². The molecule has 0 N–H and O–H groups in total. The highest BCUT2D eigenvalue weighted by Crippen LogP contribution is 2.31. The van der Waals surface area contributed by atoms with Gasteiger partial charge >= 0.3 is 0 Å². The number of likely N-dealkylation sites (N-methyl/N-ethyl adjacent to an activating group) is 1. The highest BCUT2D eigenvalue weighted by molar-refractivity contribution is 5.95. The van der Waals surface area contributed by atoms with E-state index in [1.807, 2.05) is 58.3 Å². The van der Waals surface area contributed by atoms with Gasteiger partial charge in [0.2, 0.25) is 0 Å². The zero-order valence-electron chi connectivity index (χ0n) is 14.7. The summed E-state index contributed by atoms with van der Waals surface area (Å²) in [5.74, 6) is 0.121. The third kappa shape index (κ3) is 2.98. The van der Waals surface area contributed by atoms with Crippen LogP contribution in [0.2, 0.25) is 0 Å². The molecule has 1 atom stereocenters. The van der Waals surface area contributed by atoms with Gasteiger partial charge in [-0.3, -0.25) is 9.69 Å². The van der Waals surface area contributed by atoms with Gasteiger partial charge in [-0.1, -0.05) is 13.0 Å². The van der Waals surface area contributed by atoms with Gasteiger partial charge in [-0.2, -0.15) is 0 Å². The molecule has 0 aliphatic carbocycles. The van der Waals surface area contributed by atoms with Crippen LogP contribution in [0.4, 0.5) is 0 Å². The SMILES string of the molecule is CCN1CCN(C(=O)c2cccc(-n3cccc3)c2)CC12CCOC2. The minimum Gasteiger partial charge on any atom is -0.379 e. The molecule has 1 aromatic carbocycles. The predicted octanol–water partition coefficient (Wildman–Crippen LogP) is 2.41. The smallest absolute Gasteiger partial charge is 0.254 e. The number of benzene rings is 1. The highest BCUT2D eigenvalue weighted by atomic mass is 16.5. The number of nitrogens with zero attached hydrogens (tertiary/aromatic N) is 3. The van der Waals surface area contributed by atoms with Crippen molar-refractivity contribution in [1.29, 1.82) is 0 Å². The maximum absolute atomic E-state index is 13.1. The average Bonchev–Trinajstić information content (AvgIpc) is 3.34. The molecule has 2 fully saturated rings. The van der Waals surface area contributed by atoms with E-state index >= 15 is 0 Å². The molecule has 2 aromatic rings. The van der Waals surface area contributed by atoms with Crippen LogP contribution in [-0.2, 0) is 4.74 Å². The van der Waals surface area contributed by atoms with Gasteiger partial charge in [0.25, 0.3) is 5.91 Å². The number of rotatable bonds is 3. The molecule has 4 rings (SSSR count). The fourth-order valence-electron chi connectivity index (χ4n) is 4.14. The number of hydrogen-bond donors (Lipinski definition) is 0. The Morgan fingerprint density at radius 3 is 2.76 bits per heavy atom. The first-order chi connectivity index (χ1) is 12.2. The Labute approximate surface area is 148 Å². The van der Waals surface area contributed by atoms with Crippen LogP contribution in [0.25, 0.3) is 5.69 Å². The summed E-state index contributed by atoms with van der Waals surface area (Å²) in [5, 5.41) is 0. The Balaban J connectivity index is 1.56. The fraction of sp³-hybridized carbons (Fsp3) is 0.450. The van der Waals surface area contributed by atoms with E-state index in [0.29, 0.717) is 0 Å². The quantitative estimate of drug-likeness (QED) is 0.862. The van der Waals surface area contributed by atoms with Crippen molar-refractivity contribution in [2.75, 3.05) is 39.4 Å². The lowest BCUT2D eigenvalue weighted by Gasteiger charge is -2.48. The number of amides is 1. The number of carbonyl (C=O) groups is 1. The molecule has 2 saturated heterocycles. The average molecular weight is 339 g/mol. The maximum atomic E-state index is 13.1. The zero-order chi connectivity index (χ0) is 17.3. The molecule has 1 aromatic heterocycles. The molecule has 0 radical (unpaired) electrons. The topological polar surface area (TPSA) is 37.7 Å². The highest BCUT2D eigenvalue weighted by Gasteiger charge is 2.45. The van der Waals surface area contributed by atoms with Crippen LogP contribution in [0.15, 0.2) is 48.8 Å². The third-order valence-electron chi connectivity index (χ3n) is 5.54. The minimum atomic E-state index is 0.000693. The van der Waals surface area contributed by atoms with Crippen molar-refractivity contribution >= 4 is 5.91 Å². The summed E-state index contributed by atoms with van der Waals surface area (Å²) in [4.78, 5) is 17.6. The molecule has 1 unspecified atom stereocenters. The van der Waals surface area contributed by atoms with E-state index in [4.69, 9.17) is 4.74 Å². The second-order valence-corrected chi connectivity index (χ2v) is 6.97. The molecular weight excluding hydrogens is 314 g/mol. The molecular formula is C20H25N3O2. The molecule has 5 heteroatoms. The molecule has 1 amide bonds. The normalized spacial score (nSPS) is 24.1. The first-order valence-corrected chi connectivity index (χ1v) is 9.07. The Kier molecular flexibility index (Phi) is 4.36. The Bertz CT molecular complexity index is 735. The number of carbonyl (C=O) groups excluding carboxylic acids is 1. The van der Waals surface area contributed by atoms with Crippen molar-refractivity contribution in [1.82, 2.24) is 14.4 Å². The molecule has 0 bridgehead atoms. The van der Waals surface area contributed by atoms with E-state index in [2.05, 4.69) is 11.8 Å². The second-order valence-electron chi connectivity index (χ2n) is 6.97. The van der Waals surface area contributed by atoms with E-state index < -0.39 is 0 Å². The van der Waals surface area contributed by atoms with Crippen molar-refractivity contribution in [3.05, 3.63) is 54.4 Å². The van der Waals surface area contributed by atoms with E-state index in [0.717, 1.165) is 57.1 Å². The summed E-state index contributed by atoms with van der Waals surface area (Å²) in [5.41, 5.74) is 1.77. The van der Waals surface area contributed by atoms with E-state index in [9.17, 15) is 4.79 Å². The van der Waals surface area contributed by atoms with Crippen molar-refractivity contribution in [3.8, 4) is 5.69 Å². The minimum absolute atomic E-state index is 0.000693. The molecule has 2 aliphatic rings. The van der Waals surface area contributed by atoms with Gasteiger partial charge in [0.15, 0.2) is 0 Å². The van der Waals surface area contributed by atoms with Gasteiger partial charge in [-0.25, -0.2) is 0 Å². The number of aromatic nitrogens is 1. The van der Waals surface area contributed by atoms with Crippen LogP contribution in [0.3, 0.4) is 0 Å². The van der Waals surface area contributed by atoms with Crippen LogP contribution < -0.4 is 0 Å². The van der Waals surface area contributed by atoms with Gasteiger partial charge in [0.05, 0.1) is 12.1 Å². The molecule has 2 aliphatic heterocycles. The summed E-state index contributed by atoms with van der Waals surface area (Å²) >= 11 is 0. The van der Waals surface area contributed by atoms with E-state index in [-0.39, 0.29) is 11.4 Å². The number of hydrogen-bond acceptors (Lipinski definition) is 3. The Morgan fingerprint density at radius 2 is 2.04 bits per heavy atom.